The fraction of sp³-hybridized carbons (Fsp3) is 0.529. The fourth-order valence-corrected chi connectivity index (χ4v) is 2.76. The van der Waals surface area contributed by atoms with Crippen LogP contribution in [0.1, 0.15) is 38.7 Å². The van der Waals surface area contributed by atoms with Crippen LogP contribution in [0, 0.1) is 11.7 Å². The highest BCUT2D eigenvalue weighted by atomic mass is 19.1. The predicted octanol–water partition coefficient (Wildman–Crippen LogP) is 3.37. The van der Waals surface area contributed by atoms with Gasteiger partial charge in [-0.05, 0) is 44.7 Å². The Kier molecular flexibility index (Phi) is 4.84. The van der Waals surface area contributed by atoms with Gasteiger partial charge in [0.2, 0.25) is 0 Å². The molecule has 1 aromatic rings. The summed E-state index contributed by atoms with van der Waals surface area (Å²) in [5, 5.41) is 0. The summed E-state index contributed by atoms with van der Waals surface area (Å²) in [6.07, 6.45) is 1.06. The van der Waals surface area contributed by atoms with Gasteiger partial charge in [-0.1, -0.05) is 18.2 Å². The van der Waals surface area contributed by atoms with Gasteiger partial charge in [0.15, 0.2) is 0 Å². The zero-order valence-corrected chi connectivity index (χ0v) is 13.2. The standard InChI is InChI=1S/C17H22FNO3/c1-17(2,3)22-16(21)19-9-8-12(10-19)14(11-20)13-6-4-5-7-15(13)18/h4-7,11-12,14H,8-10H2,1-3H3. The van der Waals surface area contributed by atoms with E-state index in [-0.39, 0.29) is 17.8 Å². The summed E-state index contributed by atoms with van der Waals surface area (Å²) in [5.74, 6) is -0.995. The van der Waals surface area contributed by atoms with Crippen LogP contribution in [0.3, 0.4) is 0 Å². The van der Waals surface area contributed by atoms with Crippen LogP contribution in [0.2, 0.25) is 0 Å². The molecule has 0 aliphatic carbocycles. The number of hydrogen-bond donors (Lipinski definition) is 0. The van der Waals surface area contributed by atoms with Gasteiger partial charge in [-0.3, -0.25) is 0 Å². The summed E-state index contributed by atoms with van der Waals surface area (Å²) in [6.45, 7) is 6.37. The maximum absolute atomic E-state index is 13.9. The monoisotopic (exact) mass is 307 g/mol. The molecule has 0 spiro atoms. The van der Waals surface area contributed by atoms with Crippen LogP contribution in [0.15, 0.2) is 24.3 Å². The first-order valence-corrected chi connectivity index (χ1v) is 7.49. The molecule has 0 aromatic heterocycles. The number of carbonyl (C=O) groups is 2. The van der Waals surface area contributed by atoms with Gasteiger partial charge in [0.05, 0.1) is 0 Å². The minimum absolute atomic E-state index is 0.0816. The van der Waals surface area contributed by atoms with E-state index in [1.54, 1.807) is 23.1 Å². The average Bonchev–Trinajstić information content (AvgIpc) is 2.89. The molecule has 1 heterocycles. The second-order valence-corrected chi connectivity index (χ2v) is 6.66. The second-order valence-electron chi connectivity index (χ2n) is 6.66. The first-order valence-electron chi connectivity index (χ1n) is 7.49. The second kappa shape index (κ2) is 6.46. The molecule has 2 atom stereocenters. The molecule has 2 unspecified atom stereocenters. The van der Waals surface area contributed by atoms with Crippen molar-refractivity contribution in [2.45, 2.75) is 38.7 Å². The van der Waals surface area contributed by atoms with Crippen molar-refractivity contribution in [3.05, 3.63) is 35.6 Å². The third-order valence-electron chi connectivity index (χ3n) is 3.80. The van der Waals surface area contributed by atoms with Crippen LogP contribution in [-0.2, 0) is 9.53 Å². The summed E-state index contributed by atoms with van der Waals surface area (Å²) < 4.78 is 19.2. The lowest BCUT2D eigenvalue weighted by Crippen LogP contribution is -2.35. The zero-order chi connectivity index (χ0) is 16.3. The number of likely N-dealkylation sites (tertiary alicyclic amines) is 1. The Morgan fingerprint density at radius 3 is 2.68 bits per heavy atom. The molecule has 22 heavy (non-hydrogen) atoms. The molecule has 1 saturated heterocycles. The highest BCUT2D eigenvalue weighted by molar-refractivity contribution is 5.69. The Hall–Kier alpha value is -1.91. The molecular formula is C17H22FNO3. The molecule has 0 radical (unpaired) electrons. The number of aldehydes is 1. The Balaban J connectivity index is 2.07. The Bertz CT molecular complexity index is 553. The van der Waals surface area contributed by atoms with Gasteiger partial charge >= 0.3 is 6.09 Å². The summed E-state index contributed by atoms with van der Waals surface area (Å²) in [5.41, 5.74) is -0.154. The van der Waals surface area contributed by atoms with Gasteiger partial charge in [0, 0.05) is 19.0 Å². The van der Waals surface area contributed by atoms with Gasteiger partial charge < -0.3 is 14.4 Å². The van der Waals surface area contributed by atoms with E-state index in [2.05, 4.69) is 0 Å². The highest BCUT2D eigenvalue weighted by Gasteiger charge is 2.35. The van der Waals surface area contributed by atoms with E-state index in [1.165, 1.54) is 6.07 Å². The van der Waals surface area contributed by atoms with Crippen molar-refractivity contribution >= 4 is 12.4 Å². The summed E-state index contributed by atoms with van der Waals surface area (Å²) in [4.78, 5) is 25.1. The van der Waals surface area contributed by atoms with E-state index in [4.69, 9.17) is 4.74 Å². The van der Waals surface area contributed by atoms with Gasteiger partial charge in [-0.2, -0.15) is 0 Å². The molecule has 1 fully saturated rings. The van der Waals surface area contributed by atoms with Crippen LogP contribution >= 0.6 is 0 Å². The number of ether oxygens (including phenoxy) is 1. The zero-order valence-electron chi connectivity index (χ0n) is 13.2. The minimum atomic E-state index is -0.551. The number of carbonyl (C=O) groups excluding carboxylic acids is 2. The number of benzene rings is 1. The van der Waals surface area contributed by atoms with E-state index >= 15 is 0 Å². The van der Waals surface area contributed by atoms with Crippen LogP contribution in [-0.4, -0.2) is 36.0 Å². The molecule has 0 N–H and O–H groups in total. The Morgan fingerprint density at radius 2 is 2.09 bits per heavy atom. The lowest BCUT2D eigenvalue weighted by Gasteiger charge is -2.25. The largest absolute Gasteiger partial charge is 0.444 e. The van der Waals surface area contributed by atoms with Gasteiger partial charge in [-0.15, -0.1) is 0 Å². The molecule has 1 aliphatic rings. The van der Waals surface area contributed by atoms with Crippen molar-refractivity contribution in [1.29, 1.82) is 0 Å². The van der Waals surface area contributed by atoms with Gasteiger partial charge in [-0.25, -0.2) is 9.18 Å². The number of hydrogen-bond acceptors (Lipinski definition) is 3. The fourth-order valence-electron chi connectivity index (χ4n) is 2.76. The third kappa shape index (κ3) is 3.84. The maximum atomic E-state index is 13.9. The molecule has 2 rings (SSSR count). The van der Waals surface area contributed by atoms with E-state index in [0.29, 0.717) is 25.1 Å². The van der Waals surface area contributed by atoms with Crippen molar-refractivity contribution < 1.29 is 18.7 Å². The lowest BCUT2D eigenvalue weighted by atomic mass is 9.86. The maximum Gasteiger partial charge on any atom is 0.410 e. The number of amides is 1. The normalized spacial score (nSPS) is 19.8. The van der Waals surface area contributed by atoms with Crippen molar-refractivity contribution in [2.75, 3.05) is 13.1 Å². The topological polar surface area (TPSA) is 46.6 Å². The summed E-state index contributed by atoms with van der Waals surface area (Å²) in [7, 11) is 0. The van der Waals surface area contributed by atoms with Gasteiger partial charge in [0.25, 0.3) is 0 Å². The van der Waals surface area contributed by atoms with Gasteiger partial charge in [0.1, 0.15) is 17.7 Å². The Morgan fingerprint density at radius 1 is 1.41 bits per heavy atom. The predicted molar refractivity (Wildman–Crippen MR) is 81.1 cm³/mol. The SMILES string of the molecule is CC(C)(C)OC(=O)N1CCC(C(C=O)c2ccccc2F)C1. The molecule has 1 aromatic carbocycles. The van der Waals surface area contributed by atoms with Crippen molar-refractivity contribution in [3.8, 4) is 0 Å². The third-order valence-corrected chi connectivity index (χ3v) is 3.80. The molecule has 0 saturated carbocycles. The quantitative estimate of drug-likeness (QED) is 0.804. The number of nitrogens with zero attached hydrogens (tertiary/aromatic N) is 1. The molecule has 4 nitrogen and oxygen atoms in total. The van der Waals surface area contributed by atoms with E-state index < -0.39 is 11.5 Å². The molecule has 1 aliphatic heterocycles. The summed E-state index contributed by atoms with van der Waals surface area (Å²) in [6, 6.07) is 6.30. The van der Waals surface area contributed by atoms with E-state index in [9.17, 15) is 14.0 Å². The molecule has 0 bridgehead atoms. The van der Waals surface area contributed by atoms with Crippen LogP contribution in [0.5, 0.6) is 0 Å². The summed E-state index contributed by atoms with van der Waals surface area (Å²) >= 11 is 0. The lowest BCUT2D eigenvalue weighted by molar-refractivity contribution is -0.110. The first kappa shape index (κ1) is 16.5. The van der Waals surface area contributed by atoms with Crippen molar-refractivity contribution in [2.24, 2.45) is 5.92 Å². The number of halogens is 1. The Labute approximate surface area is 130 Å². The van der Waals surface area contributed by atoms with E-state index in [1.807, 2.05) is 20.8 Å². The molecular weight excluding hydrogens is 285 g/mol. The minimum Gasteiger partial charge on any atom is -0.444 e. The van der Waals surface area contributed by atoms with Crippen LogP contribution in [0.25, 0.3) is 0 Å². The first-order chi connectivity index (χ1) is 10.3. The van der Waals surface area contributed by atoms with Crippen molar-refractivity contribution in [3.63, 3.8) is 0 Å². The highest BCUT2D eigenvalue weighted by Crippen LogP contribution is 2.32. The average molecular weight is 307 g/mol. The van der Waals surface area contributed by atoms with Crippen molar-refractivity contribution in [1.82, 2.24) is 4.90 Å². The van der Waals surface area contributed by atoms with Crippen LogP contribution < -0.4 is 0 Å². The number of rotatable bonds is 3. The molecule has 120 valence electrons. The van der Waals surface area contributed by atoms with Crippen LogP contribution in [0.4, 0.5) is 9.18 Å². The smallest absolute Gasteiger partial charge is 0.410 e. The molecule has 5 heteroatoms. The van der Waals surface area contributed by atoms with E-state index in [0.717, 1.165) is 6.29 Å². The molecule has 1 amide bonds.